The van der Waals surface area contributed by atoms with Crippen LogP contribution in [0, 0.1) is 13.8 Å². The number of amides is 1. The van der Waals surface area contributed by atoms with Crippen molar-refractivity contribution in [3.63, 3.8) is 0 Å². The van der Waals surface area contributed by atoms with Crippen LogP contribution >= 0.6 is 23.4 Å². The second kappa shape index (κ2) is 6.28. The Hall–Kier alpha value is -1.53. The zero-order valence-corrected chi connectivity index (χ0v) is 13.0. The fourth-order valence-electron chi connectivity index (χ4n) is 1.50. The van der Waals surface area contributed by atoms with Crippen molar-refractivity contribution in [2.45, 2.75) is 31.2 Å². The minimum atomic E-state index is -0.301. The van der Waals surface area contributed by atoms with E-state index in [4.69, 9.17) is 11.6 Å². The summed E-state index contributed by atoms with van der Waals surface area (Å²) in [6.45, 7) is 5.54. The van der Waals surface area contributed by atoms with E-state index in [9.17, 15) is 4.79 Å². The van der Waals surface area contributed by atoms with Crippen molar-refractivity contribution in [2.75, 3.05) is 5.32 Å². The predicted octanol–water partition coefficient (Wildman–Crippen LogP) is 3.19. The summed E-state index contributed by atoms with van der Waals surface area (Å²) < 4.78 is 0. The monoisotopic (exact) mass is 310 g/mol. The number of halogens is 1. The number of aromatic amines is 1. The molecule has 1 heterocycles. The van der Waals surface area contributed by atoms with Crippen molar-refractivity contribution in [1.29, 1.82) is 0 Å². The van der Waals surface area contributed by atoms with Crippen LogP contribution in [0.1, 0.15) is 18.3 Å². The van der Waals surface area contributed by atoms with Gasteiger partial charge in [-0.2, -0.15) is 0 Å². The number of rotatable bonds is 4. The summed E-state index contributed by atoms with van der Waals surface area (Å²) in [7, 11) is 0. The molecule has 0 aliphatic heterocycles. The zero-order valence-electron chi connectivity index (χ0n) is 11.4. The molecule has 2 rings (SSSR count). The first-order chi connectivity index (χ1) is 9.45. The molecule has 20 heavy (non-hydrogen) atoms. The van der Waals surface area contributed by atoms with E-state index >= 15 is 0 Å². The SMILES string of the molecule is Cc1nc(SC(C)C(=O)Nc2ccc(C)c(Cl)c2)n[nH]1. The Morgan fingerprint density at radius 1 is 1.45 bits per heavy atom. The number of aromatic nitrogens is 3. The highest BCUT2D eigenvalue weighted by Gasteiger charge is 2.17. The van der Waals surface area contributed by atoms with Crippen LogP contribution in [0.15, 0.2) is 23.4 Å². The number of hydrogen-bond acceptors (Lipinski definition) is 4. The lowest BCUT2D eigenvalue weighted by molar-refractivity contribution is -0.115. The fraction of sp³-hybridized carbons (Fsp3) is 0.308. The van der Waals surface area contributed by atoms with E-state index in [0.717, 1.165) is 11.4 Å². The van der Waals surface area contributed by atoms with Gasteiger partial charge in [0.1, 0.15) is 5.82 Å². The third-order valence-corrected chi connectivity index (χ3v) is 4.04. The summed E-state index contributed by atoms with van der Waals surface area (Å²) in [5.41, 5.74) is 1.66. The minimum absolute atomic E-state index is 0.114. The molecule has 2 N–H and O–H groups in total. The highest BCUT2D eigenvalue weighted by atomic mass is 35.5. The van der Waals surface area contributed by atoms with E-state index in [1.165, 1.54) is 11.8 Å². The third-order valence-electron chi connectivity index (χ3n) is 2.67. The largest absolute Gasteiger partial charge is 0.325 e. The van der Waals surface area contributed by atoms with Crippen LogP contribution < -0.4 is 5.32 Å². The van der Waals surface area contributed by atoms with Crippen molar-refractivity contribution in [2.24, 2.45) is 0 Å². The van der Waals surface area contributed by atoms with Crippen LogP contribution in [-0.4, -0.2) is 26.3 Å². The molecule has 1 aromatic heterocycles. The van der Waals surface area contributed by atoms with Gasteiger partial charge in [0.05, 0.1) is 5.25 Å². The summed E-state index contributed by atoms with van der Waals surface area (Å²) in [5.74, 6) is 0.614. The van der Waals surface area contributed by atoms with Gasteiger partial charge in [-0.15, -0.1) is 5.10 Å². The topological polar surface area (TPSA) is 70.7 Å². The molecule has 7 heteroatoms. The van der Waals surface area contributed by atoms with Crippen LogP contribution in [-0.2, 0) is 4.79 Å². The standard InChI is InChI=1S/C13H15ClN4OS/c1-7-4-5-10(6-11(7)14)16-12(19)8(2)20-13-15-9(3)17-18-13/h4-6,8H,1-3H3,(H,16,19)(H,15,17,18). The Kier molecular flexibility index (Phi) is 4.67. The Morgan fingerprint density at radius 3 is 2.80 bits per heavy atom. The number of nitrogens with zero attached hydrogens (tertiary/aromatic N) is 2. The maximum Gasteiger partial charge on any atom is 0.237 e. The molecule has 1 atom stereocenters. The molecule has 0 bridgehead atoms. The molecule has 5 nitrogen and oxygen atoms in total. The highest BCUT2D eigenvalue weighted by Crippen LogP contribution is 2.23. The summed E-state index contributed by atoms with van der Waals surface area (Å²) in [4.78, 5) is 16.2. The average Bonchev–Trinajstić information content (AvgIpc) is 2.79. The van der Waals surface area contributed by atoms with Crippen LogP contribution in [0.5, 0.6) is 0 Å². The molecular formula is C13H15ClN4OS. The molecule has 1 aromatic carbocycles. The number of carbonyl (C=O) groups excluding carboxylic acids is 1. The molecule has 0 saturated carbocycles. The normalized spacial score (nSPS) is 12.2. The predicted molar refractivity (Wildman–Crippen MR) is 81.3 cm³/mol. The van der Waals surface area contributed by atoms with Gasteiger partial charge in [-0.25, -0.2) is 4.98 Å². The third kappa shape index (κ3) is 3.74. The van der Waals surface area contributed by atoms with Gasteiger partial charge < -0.3 is 5.32 Å². The van der Waals surface area contributed by atoms with E-state index < -0.39 is 0 Å². The van der Waals surface area contributed by atoms with Crippen molar-refractivity contribution < 1.29 is 4.79 Å². The van der Waals surface area contributed by atoms with Gasteiger partial charge in [0.25, 0.3) is 0 Å². The molecule has 2 aromatic rings. The second-order valence-corrected chi connectivity index (χ2v) is 6.13. The van der Waals surface area contributed by atoms with Gasteiger partial charge in [0, 0.05) is 10.7 Å². The smallest absolute Gasteiger partial charge is 0.237 e. The van der Waals surface area contributed by atoms with Crippen molar-refractivity contribution >= 4 is 35.0 Å². The first kappa shape index (κ1) is 14.9. The van der Waals surface area contributed by atoms with Crippen LogP contribution in [0.4, 0.5) is 5.69 Å². The van der Waals surface area contributed by atoms with E-state index in [-0.39, 0.29) is 11.2 Å². The number of anilines is 1. The number of thioether (sulfide) groups is 1. The second-order valence-electron chi connectivity index (χ2n) is 4.42. The molecule has 0 aliphatic carbocycles. The maximum atomic E-state index is 12.1. The summed E-state index contributed by atoms with van der Waals surface area (Å²) in [6, 6.07) is 5.44. The zero-order chi connectivity index (χ0) is 14.7. The van der Waals surface area contributed by atoms with Crippen molar-refractivity contribution in [1.82, 2.24) is 15.2 Å². The van der Waals surface area contributed by atoms with Crippen molar-refractivity contribution in [3.05, 3.63) is 34.6 Å². The molecule has 0 aliphatic rings. The van der Waals surface area contributed by atoms with Crippen LogP contribution in [0.2, 0.25) is 5.02 Å². The van der Waals surface area contributed by atoms with E-state index in [0.29, 0.717) is 15.9 Å². The first-order valence-electron chi connectivity index (χ1n) is 6.08. The maximum absolute atomic E-state index is 12.1. The quantitative estimate of drug-likeness (QED) is 0.851. The summed E-state index contributed by atoms with van der Waals surface area (Å²) >= 11 is 7.33. The van der Waals surface area contributed by atoms with Crippen LogP contribution in [0.3, 0.4) is 0 Å². The lowest BCUT2D eigenvalue weighted by Crippen LogP contribution is -2.22. The highest BCUT2D eigenvalue weighted by molar-refractivity contribution is 8.00. The molecule has 1 amide bonds. The Morgan fingerprint density at radius 2 is 2.20 bits per heavy atom. The van der Waals surface area contributed by atoms with Gasteiger partial charge in [-0.3, -0.25) is 9.89 Å². The Bertz CT molecular complexity index is 629. The molecule has 0 spiro atoms. The van der Waals surface area contributed by atoms with Gasteiger partial charge in [0.15, 0.2) is 0 Å². The fourth-order valence-corrected chi connectivity index (χ4v) is 2.45. The van der Waals surface area contributed by atoms with E-state index in [1.54, 1.807) is 6.07 Å². The Balaban J connectivity index is 1.98. The van der Waals surface area contributed by atoms with Crippen molar-refractivity contribution in [3.8, 4) is 0 Å². The summed E-state index contributed by atoms with van der Waals surface area (Å²) in [6.07, 6.45) is 0. The minimum Gasteiger partial charge on any atom is -0.325 e. The lowest BCUT2D eigenvalue weighted by atomic mass is 10.2. The molecule has 0 fully saturated rings. The van der Waals surface area contributed by atoms with E-state index in [2.05, 4.69) is 20.5 Å². The summed E-state index contributed by atoms with van der Waals surface area (Å²) in [5, 5.41) is 10.5. The number of nitrogens with one attached hydrogen (secondary N) is 2. The number of H-pyrrole nitrogens is 1. The Labute approximate surface area is 126 Å². The molecule has 0 saturated heterocycles. The van der Waals surface area contributed by atoms with E-state index in [1.807, 2.05) is 32.9 Å². The molecular weight excluding hydrogens is 296 g/mol. The molecule has 0 radical (unpaired) electrons. The average molecular weight is 311 g/mol. The number of hydrogen-bond donors (Lipinski definition) is 2. The lowest BCUT2D eigenvalue weighted by Gasteiger charge is -2.11. The van der Waals surface area contributed by atoms with Gasteiger partial charge in [-0.1, -0.05) is 29.4 Å². The van der Waals surface area contributed by atoms with Crippen LogP contribution in [0.25, 0.3) is 0 Å². The van der Waals surface area contributed by atoms with Gasteiger partial charge >= 0.3 is 0 Å². The number of carbonyl (C=O) groups is 1. The molecule has 1 unspecified atom stereocenters. The van der Waals surface area contributed by atoms with Gasteiger partial charge in [-0.05, 0) is 38.5 Å². The van der Waals surface area contributed by atoms with Gasteiger partial charge in [0.2, 0.25) is 11.1 Å². The molecule has 106 valence electrons. The first-order valence-corrected chi connectivity index (χ1v) is 7.34. The number of aryl methyl sites for hydroxylation is 2. The number of benzene rings is 1.